The number of carbonyl (C=O) groups excluding carboxylic acids is 1. The van der Waals surface area contributed by atoms with Crippen LogP contribution >= 0.6 is 11.3 Å². The second-order valence-corrected chi connectivity index (χ2v) is 7.97. The Morgan fingerprint density at radius 3 is 2.44 bits per heavy atom. The second kappa shape index (κ2) is 7.97. The van der Waals surface area contributed by atoms with Gasteiger partial charge in [0.1, 0.15) is 12.4 Å². The fourth-order valence-electron chi connectivity index (χ4n) is 3.35. The SMILES string of the molecule is Cc1cc(-c2ccc(COc3ccccc3)cc2)sc1C(=O)N1CCCC1. The van der Waals surface area contributed by atoms with Crippen LogP contribution in [0.2, 0.25) is 0 Å². The number of hydrogen-bond donors (Lipinski definition) is 0. The number of likely N-dealkylation sites (tertiary alicyclic amines) is 1. The van der Waals surface area contributed by atoms with Gasteiger partial charge in [-0.3, -0.25) is 4.79 Å². The van der Waals surface area contributed by atoms with Gasteiger partial charge in [0, 0.05) is 18.0 Å². The number of hydrogen-bond acceptors (Lipinski definition) is 3. The molecule has 2 aromatic carbocycles. The van der Waals surface area contributed by atoms with Crippen molar-refractivity contribution in [2.75, 3.05) is 13.1 Å². The summed E-state index contributed by atoms with van der Waals surface area (Å²) in [6.07, 6.45) is 2.24. The Labute approximate surface area is 164 Å². The van der Waals surface area contributed by atoms with Gasteiger partial charge in [-0.1, -0.05) is 42.5 Å². The highest BCUT2D eigenvalue weighted by atomic mass is 32.1. The molecule has 4 heteroatoms. The zero-order valence-electron chi connectivity index (χ0n) is 15.5. The topological polar surface area (TPSA) is 29.5 Å². The molecule has 0 N–H and O–H groups in total. The zero-order valence-corrected chi connectivity index (χ0v) is 16.3. The number of ether oxygens (including phenoxy) is 1. The molecule has 138 valence electrons. The Morgan fingerprint density at radius 2 is 1.74 bits per heavy atom. The van der Waals surface area contributed by atoms with Gasteiger partial charge in [-0.2, -0.15) is 0 Å². The predicted octanol–water partition coefficient (Wildman–Crippen LogP) is 5.54. The van der Waals surface area contributed by atoms with Crippen LogP contribution in [0, 0.1) is 6.92 Å². The Morgan fingerprint density at radius 1 is 1.04 bits per heavy atom. The average Bonchev–Trinajstić information content (AvgIpc) is 3.37. The average molecular weight is 378 g/mol. The van der Waals surface area contributed by atoms with Crippen molar-refractivity contribution in [2.45, 2.75) is 26.4 Å². The first-order valence-corrected chi connectivity index (χ1v) is 10.2. The first-order valence-electron chi connectivity index (χ1n) is 9.37. The van der Waals surface area contributed by atoms with Crippen molar-refractivity contribution >= 4 is 17.2 Å². The third-order valence-electron chi connectivity index (χ3n) is 4.89. The molecule has 1 aliphatic rings. The number of nitrogens with zero attached hydrogens (tertiary/aromatic N) is 1. The first kappa shape index (κ1) is 17.8. The molecule has 0 radical (unpaired) electrons. The van der Waals surface area contributed by atoms with Crippen LogP contribution < -0.4 is 4.74 Å². The van der Waals surface area contributed by atoms with E-state index in [9.17, 15) is 4.79 Å². The van der Waals surface area contributed by atoms with E-state index < -0.39 is 0 Å². The van der Waals surface area contributed by atoms with Gasteiger partial charge in [0.25, 0.3) is 5.91 Å². The third kappa shape index (κ3) is 4.06. The minimum Gasteiger partial charge on any atom is -0.489 e. The molecular formula is C23H23NO2S. The molecule has 2 heterocycles. The van der Waals surface area contributed by atoms with Gasteiger partial charge in [0.2, 0.25) is 0 Å². The largest absolute Gasteiger partial charge is 0.489 e. The number of benzene rings is 2. The quantitative estimate of drug-likeness (QED) is 0.584. The fourth-order valence-corrected chi connectivity index (χ4v) is 4.50. The molecule has 1 aliphatic heterocycles. The third-order valence-corrected chi connectivity index (χ3v) is 6.17. The van der Waals surface area contributed by atoms with Gasteiger partial charge in [-0.15, -0.1) is 11.3 Å². The van der Waals surface area contributed by atoms with Gasteiger partial charge in [-0.25, -0.2) is 0 Å². The minimum atomic E-state index is 0.189. The van der Waals surface area contributed by atoms with Crippen molar-refractivity contribution in [1.29, 1.82) is 0 Å². The maximum atomic E-state index is 12.7. The van der Waals surface area contributed by atoms with Crippen molar-refractivity contribution in [1.82, 2.24) is 4.90 Å². The number of carbonyl (C=O) groups is 1. The van der Waals surface area contributed by atoms with Gasteiger partial charge in [0.05, 0.1) is 4.88 Å². The molecule has 1 saturated heterocycles. The number of para-hydroxylation sites is 1. The highest BCUT2D eigenvalue weighted by Gasteiger charge is 2.23. The molecule has 0 aliphatic carbocycles. The molecule has 3 aromatic rings. The van der Waals surface area contributed by atoms with E-state index in [-0.39, 0.29) is 5.91 Å². The Kier molecular flexibility index (Phi) is 5.26. The van der Waals surface area contributed by atoms with Crippen molar-refractivity contribution in [3.63, 3.8) is 0 Å². The summed E-state index contributed by atoms with van der Waals surface area (Å²) in [4.78, 5) is 16.7. The lowest BCUT2D eigenvalue weighted by Crippen LogP contribution is -2.27. The summed E-state index contributed by atoms with van der Waals surface area (Å²) >= 11 is 1.60. The molecule has 0 atom stereocenters. The van der Waals surface area contributed by atoms with Gasteiger partial charge in [0.15, 0.2) is 0 Å². The molecular weight excluding hydrogens is 354 g/mol. The van der Waals surface area contributed by atoms with Crippen molar-refractivity contribution in [3.05, 3.63) is 76.7 Å². The smallest absolute Gasteiger partial charge is 0.264 e. The maximum Gasteiger partial charge on any atom is 0.264 e. The van der Waals surface area contributed by atoms with Gasteiger partial charge >= 0.3 is 0 Å². The van der Waals surface area contributed by atoms with Crippen LogP contribution in [0.15, 0.2) is 60.7 Å². The Balaban J connectivity index is 1.46. The molecule has 0 bridgehead atoms. The summed E-state index contributed by atoms with van der Waals surface area (Å²) in [7, 11) is 0. The van der Waals surface area contributed by atoms with Crippen LogP contribution in [0.5, 0.6) is 5.75 Å². The second-order valence-electron chi connectivity index (χ2n) is 6.92. The van der Waals surface area contributed by atoms with E-state index in [1.165, 1.54) is 0 Å². The summed E-state index contributed by atoms with van der Waals surface area (Å²) in [5, 5.41) is 0. The van der Waals surface area contributed by atoms with Crippen LogP contribution in [0.25, 0.3) is 10.4 Å². The van der Waals surface area contributed by atoms with Crippen LogP contribution in [0.3, 0.4) is 0 Å². The summed E-state index contributed by atoms with van der Waals surface area (Å²) in [6.45, 7) is 4.36. The predicted molar refractivity (Wildman–Crippen MR) is 110 cm³/mol. The minimum absolute atomic E-state index is 0.189. The number of amides is 1. The molecule has 0 saturated carbocycles. The molecule has 1 aromatic heterocycles. The fraction of sp³-hybridized carbons (Fsp3) is 0.261. The first-order chi connectivity index (χ1) is 13.2. The lowest BCUT2D eigenvalue weighted by molar-refractivity contribution is 0.0797. The molecule has 4 rings (SSSR count). The summed E-state index contributed by atoms with van der Waals surface area (Å²) in [6, 6.07) is 20.4. The Hall–Kier alpha value is -2.59. The highest BCUT2D eigenvalue weighted by Crippen LogP contribution is 2.33. The molecule has 0 unspecified atom stereocenters. The highest BCUT2D eigenvalue weighted by molar-refractivity contribution is 7.17. The van der Waals surface area contributed by atoms with Gasteiger partial charge in [-0.05, 0) is 54.7 Å². The van der Waals surface area contributed by atoms with Crippen LogP contribution in [-0.2, 0) is 6.61 Å². The lowest BCUT2D eigenvalue weighted by atomic mass is 10.1. The van der Waals surface area contributed by atoms with Crippen LogP contribution in [-0.4, -0.2) is 23.9 Å². The van der Waals surface area contributed by atoms with E-state index in [0.29, 0.717) is 6.61 Å². The lowest BCUT2D eigenvalue weighted by Gasteiger charge is -2.14. The zero-order chi connectivity index (χ0) is 18.6. The van der Waals surface area contributed by atoms with E-state index >= 15 is 0 Å². The van der Waals surface area contributed by atoms with Gasteiger partial charge < -0.3 is 9.64 Å². The summed E-state index contributed by atoms with van der Waals surface area (Å²) in [5.74, 6) is 1.06. The van der Waals surface area contributed by atoms with E-state index in [1.54, 1.807) is 11.3 Å². The van der Waals surface area contributed by atoms with Crippen molar-refractivity contribution in [3.8, 4) is 16.2 Å². The Bertz CT molecular complexity index is 909. The standard InChI is InChI=1S/C23H23NO2S/c1-17-15-21(27-22(17)23(25)24-13-5-6-14-24)19-11-9-18(10-12-19)16-26-20-7-3-2-4-8-20/h2-4,7-12,15H,5-6,13-14,16H2,1H3. The number of aryl methyl sites for hydroxylation is 1. The summed E-state index contributed by atoms with van der Waals surface area (Å²) < 4.78 is 5.80. The van der Waals surface area contributed by atoms with E-state index in [0.717, 1.165) is 58.1 Å². The molecule has 27 heavy (non-hydrogen) atoms. The van der Waals surface area contributed by atoms with Crippen LogP contribution in [0.4, 0.5) is 0 Å². The van der Waals surface area contributed by atoms with E-state index in [1.807, 2.05) is 42.2 Å². The molecule has 1 amide bonds. The normalized spacial score (nSPS) is 13.7. The van der Waals surface area contributed by atoms with Crippen molar-refractivity contribution < 1.29 is 9.53 Å². The monoisotopic (exact) mass is 377 g/mol. The van der Waals surface area contributed by atoms with E-state index in [2.05, 4.69) is 30.3 Å². The molecule has 0 spiro atoms. The van der Waals surface area contributed by atoms with Crippen molar-refractivity contribution in [2.24, 2.45) is 0 Å². The number of thiophene rings is 1. The summed E-state index contributed by atoms with van der Waals surface area (Å²) in [5.41, 5.74) is 3.35. The van der Waals surface area contributed by atoms with E-state index in [4.69, 9.17) is 4.74 Å². The molecule has 1 fully saturated rings. The molecule has 3 nitrogen and oxygen atoms in total. The number of rotatable bonds is 5. The van der Waals surface area contributed by atoms with Crippen LogP contribution in [0.1, 0.15) is 33.6 Å². The maximum absolute atomic E-state index is 12.7.